The molecule has 6 heteroatoms. The molecule has 94 valence electrons. The second-order valence-corrected chi connectivity index (χ2v) is 4.21. The Hall–Kier alpha value is -2.37. The van der Waals surface area contributed by atoms with Crippen LogP contribution in [0.5, 0.6) is 0 Å². The molecule has 1 N–H and O–H groups in total. The standard InChI is InChI=1S/C12H12N2O4/c1-13(2)7-3-4-8-9(5-7)12(18)14(11(8)17)6-10(15)16/h3-5H,6H2,1-2H3,(H,15,16). The SMILES string of the molecule is CN(C)c1ccc2c(c1)C(=O)N(CC(=O)O)C2=O. The van der Waals surface area contributed by atoms with Crippen LogP contribution in [-0.2, 0) is 4.79 Å². The van der Waals surface area contributed by atoms with Crippen LogP contribution >= 0.6 is 0 Å². The minimum absolute atomic E-state index is 0.256. The molecule has 1 aliphatic heterocycles. The quantitative estimate of drug-likeness (QED) is 0.785. The van der Waals surface area contributed by atoms with Gasteiger partial charge in [-0.15, -0.1) is 0 Å². The van der Waals surface area contributed by atoms with Gasteiger partial charge in [0.15, 0.2) is 0 Å². The van der Waals surface area contributed by atoms with Crippen molar-refractivity contribution >= 4 is 23.5 Å². The Morgan fingerprint density at radius 1 is 1.22 bits per heavy atom. The lowest BCUT2D eigenvalue weighted by atomic mass is 10.1. The van der Waals surface area contributed by atoms with Gasteiger partial charge in [0.2, 0.25) is 0 Å². The van der Waals surface area contributed by atoms with Crippen LogP contribution < -0.4 is 4.90 Å². The van der Waals surface area contributed by atoms with E-state index in [1.165, 1.54) is 0 Å². The zero-order valence-electron chi connectivity index (χ0n) is 10.0. The van der Waals surface area contributed by atoms with Crippen molar-refractivity contribution in [1.29, 1.82) is 0 Å². The van der Waals surface area contributed by atoms with E-state index in [1.807, 2.05) is 14.1 Å². The molecule has 1 aromatic rings. The number of carboxylic acids is 1. The Balaban J connectivity index is 2.42. The summed E-state index contributed by atoms with van der Waals surface area (Å²) in [4.78, 5) is 37.0. The number of anilines is 1. The van der Waals surface area contributed by atoms with E-state index in [-0.39, 0.29) is 11.1 Å². The number of hydrogen-bond acceptors (Lipinski definition) is 4. The molecule has 18 heavy (non-hydrogen) atoms. The fourth-order valence-electron chi connectivity index (χ4n) is 1.84. The van der Waals surface area contributed by atoms with Crippen molar-refractivity contribution < 1.29 is 19.5 Å². The predicted octanol–water partition coefficient (Wildman–Crippen LogP) is 0.433. The van der Waals surface area contributed by atoms with Gasteiger partial charge in [-0.25, -0.2) is 0 Å². The minimum atomic E-state index is -1.21. The molecular weight excluding hydrogens is 236 g/mol. The Morgan fingerprint density at radius 3 is 2.39 bits per heavy atom. The third-order valence-corrected chi connectivity index (χ3v) is 2.76. The number of carboxylic acid groups (broad SMARTS) is 1. The van der Waals surface area contributed by atoms with E-state index in [4.69, 9.17) is 5.11 Å². The van der Waals surface area contributed by atoms with E-state index in [2.05, 4.69) is 0 Å². The van der Waals surface area contributed by atoms with Crippen LogP contribution in [0, 0.1) is 0 Å². The second kappa shape index (κ2) is 4.14. The molecular formula is C12H12N2O4. The number of carbonyl (C=O) groups excluding carboxylic acids is 2. The molecule has 0 bridgehead atoms. The summed E-state index contributed by atoms with van der Waals surface area (Å²) >= 11 is 0. The van der Waals surface area contributed by atoms with Gasteiger partial charge in [-0.05, 0) is 18.2 Å². The summed E-state index contributed by atoms with van der Waals surface area (Å²) in [5.41, 5.74) is 1.30. The van der Waals surface area contributed by atoms with Crippen molar-refractivity contribution in [2.24, 2.45) is 0 Å². The summed E-state index contributed by atoms with van der Waals surface area (Å²) in [6.45, 7) is -0.607. The number of carbonyl (C=O) groups is 3. The zero-order valence-corrected chi connectivity index (χ0v) is 10.0. The molecule has 0 aliphatic carbocycles. The lowest BCUT2D eigenvalue weighted by Gasteiger charge is -2.12. The first kappa shape index (κ1) is 12.1. The molecule has 1 aliphatic rings. The van der Waals surface area contributed by atoms with E-state index in [9.17, 15) is 14.4 Å². The van der Waals surface area contributed by atoms with E-state index >= 15 is 0 Å². The number of hydrogen-bond donors (Lipinski definition) is 1. The maximum Gasteiger partial charge on any atom is 0.323 e. The monoisotopic (exact) mass is 248 g/mol. The summed E-state index contributed by atoms with van der Waals surface area (Å²) < 4.78 is 0. The molecule has 1 aromatic carbocycles. The first-order valence-electron chi connectivity index (χ1n) is 5.31. The largest absolute Gasteiger partial charge is 0.480 e. The predicted molar refractivity (Wildman–Crippen MR) is 63.8 cm³/mol. The molecule has 0 aromatic heterocycles. The third-order valence-electron chi connectivity index (χ3n) is 2.76. The Bertz CT molecular complexity index is 551. The van der Waals surface area contributed by atoms with E-state index in [0.29, 0.717) is 0 Å². The minimum Gasteiger partial charge on any atom is -0.480 e. The number of nitrogens with zero attached hydrogens (tertiary/aromatic N) is 2. The van der Waals surface area contributed by atoms with Crippen LogP contribution in [0.1, 0.15) is 20.7 Å². The number of fused-ring (bicyclic) bond motifs is 1. The van der Waals surface area contributed by atoms with Gasteiger partial charge in [-0.3, -0.25) is 19.3 Å². The van der Waals surface area contributed by atoms with Gasteiger partial charge in [0.05, 0.1) is 11.1 Å². The van der Waals surface area contributed by atoms with Gasteiger partial charge >= 0.3 is 5.97 Å². The number of amides is 2. The smallest absolute Gasteiger partial charge is 0.323 e. The Labute approximate surface area is 103 Å². The fourth-order valence-corrected chi connectivity index (χ4v) is 1.84. The van der Waals surface area contributed by atoms with Crippen molar-refractivity contribution in [1.82, 2.24) is 4.90 Å². The number of aliphatic carboxylic acids is 1. The molecule has 2 rings (SSSR count). The van der Waals surface area contributed by atoms with Crippen LogP contribution in [0.25, 0.3) is 0 Å². The van der Waals surface area contributed by atoms with Gasteiger partial charge < -0.3 is 10.0 Å². The topological polar surface area (TPSA) is 77.9 Å². The van der Waals surface area contributed by atoms with Crippen molar-refractivity contribution in [3.63, 3.8) is 0 Å². The lowest BCUT2D eigenvalue weighted by molar-refractivity contribution is -0.137. The number of imide groups is 1. The van der Waals surface area contributed by atoms with Crippen LogP contribution in [0.2, 0.25) is 0 Å². The van der Waals surface area contributed by atoms with Crippen molar-refractivity contribution in [2.75, 3.05) is 25.5 Å². The average Bonchev–Trinajstić information content (AvgIpc) is 2.53. The molecule has 0 fully saturated rings. The van der Waals surface area contributed by atoms with Gasteiger partial charge in [0.1, 0.15) is 6.54 Å². The zero-order chi connectivity index (χ0) is 13.4. The summed E-state index contributed by atoms with van der Waals surface area (Å²) in [7, 11) is 3.63. The molecule has 0 spiro atoms. The van der Waals surface area contributed by atoms with Crippen LogP contribution in [0.15, 0.2) is 18.2 Å². The second-order valence-electron chi connectivity index (χ2n) is 4.21. The van der Waals surface area contributed by atoms with Crippen LogP contribution in [-0.4, -0.2) is 48.4 Å². The van der Waals surface area contributed by atoms with Gasteiger partial charge in [-0.2, -0.15) is 0 Å². The lowest BCUT2D eigenvalue weighted by Crippen LogP contribution is -2.34. The highest BCUT2D eigenvalue weighted by Crippen LogP contribution is 2.26. The number of benzene rings is 1. The van der Waals surface area contributed by atoms with Gasteiger partial charge in [0, 0.05) is 19.8 Å². The highest BCUT2D eigenvalue weighted by Gasteiger charge is 2.36. The van der Waals surface area contributed by atoms with E-state index in [1.54, 1.807) is 23.1 Å². The van der Waals surface area contributed by atoms with E-state index < -0.39 is 24.3 Å². The molecule has 0 saturated heterocycles. The summed E-state index contributed by atoms with van der Waals surface area (Å²) in [5.74, 6) is -2.32. The van der Waals surface area contributed by atoms with Crippen LogP contribution in [0.3, 0.4) is 0 Å². The molecule has 0 saturated carbocycles. The molecule has 2 amide bonds. The van der Waals surface area contributed by atoms with Crippen molar-refractivity contribution in [2.45, 2.75) is 0 Å². The summed E-state index contributed by atoms with van der Waals surface area (Å²) in [5, 5.41) is 8.68. The van der Waals surface area contributed by atoms with Crippen molar-refractivity contribution in [3.05, 3.63) is 29.3 Å². The average molecular weight is 248 g/mol. The van der Waals surface area contributed by atoms with Gasteiger partial charge in [-0.1, -0.05) is 0 Å². The molecule has 1 heterocycles. The van der Waals surface area contributed by atoms with Gasteiger partial charge in [0.25, 0.3) is 11.8 Å². The molecule has 0 unspecified atom stereocenters. The maximum absolute atomic E-state index is 11.9. The molecule has 0 radical (unpaired) electrons. The first-order chi connectivity index (χ1) is 8.41. The summed E-state index contributed by atoms with van der Waals surface area (Å²) in [6, 6.07) is 4.86. The fraction of sp³-hybridized carbons (Fsp3) is 0.250. The summed E-state index contributed by atoms with van der Waals surface area (Å²) in [6.07, 6.45) is 0. The Kier molecular flexibility index (Phi) is 2.78. The number of rotatable bonds is 3. The van der Waals surface area contributed by atoms with Crippen molar-refractivity contribution in [3.8, 4) is 0 Å². The van der Waals surface area contributed by atoms with E-state index in [0.717, 1.165) is 10.6 Å². The highest BCUT2D eigenvalue weighted by atomic mass is 16.4. The third kappa shape index (κ3) is 1.81. The van der Waals surface area contributed by atoms with Crippen LogP contribution in [0.4, 0.5) is 5.69 Å². The molecule has 0 atom stereocenters. The Morgan fingerprint density at radius 2 is 1.83 bits per heavy atom. The normalized spacial score (nSPS) is 13.8. The maximum atomic E-state index is 11.9. The highest BCUT2D eigenvalue weighted by molar-refractivity contribution is 6.22. The molecule has 6 nitrogen and oxygen atoms in total. The first-order valence-corrected chi connectivity index (χ1v) is 5.31.